The number of carbonyl (C=O) groups is 2. The first-order chi connectivity index (χ1) is 35.0. The number of unbranched alkanes of at least 4 members (excludes halogenated alkanes) is 44. The first-order valence-electron chi connectivity index (χ1n) is 31.8. The van der Waals surface area contributed by atoms with E-state index in [-0.39, 0.29) is 18.5 Å². The van der Waals surface area contributed by atoms with Crippen LogP contribution in [0, 0.1) is 0 Å². The number of ether oxygens (including phenoxy) is 1. The van der Waals surface area contributed by atoms with Gasteiger partial charge in [-0.2, -0.15) is 0 Å². The Morgan fingerprint density at radius 1 is 0.394 bits per heavy atom. The Morgan fingerprint density at radius 2 is 0.704 bits per heavy atom. The molecule has 71 heavy (non-hydrogen) atoms. The van der Waals surface area contributed by atoms with Crippen LogP contribution in [-0.4, -0.2) is 47.4 Å². The third-order valence-corrected chi connectivity index (χ3v) is 14.7. The molecule has 0 aromatic carbocycles. The van der Waals surface area contributed by atoms with E-state index in [4.69, 9.17) is 4.74 Å². The van der Waals surface area contributed by atoms with Gasteiger partial charge in [0.15, 0.2) is 0 Å². The standard InChI is InChI=1S/C65H123NO5/c1-3-5-7-9-11-13-15-17-31-35-39-43-47-51-55-59-65(70)71-60-56-52-48-44-40-36-33-30-28-26-24-22-20-18-19-21-23-25-27-29-32-34-38-42-46-50-54-58-64(69)66-62(61-67)63(68)57-53-49-45-41-37-16-14-12-10-8-6-4-2/h11,13,17,31,53,57,62-63,67-68H,3-10,12,14-16,18-30,32-52,54-56,58-61H2,1-2H3,(H,66,69)/b13-11-,31-17-,57-53+/t62-,63+/m0/s1. The predicted octanol–water partition coefficient (Wildman–Crippen LogP) is 20.0. The summed E-state index contributed by atoms with van der Waals surface area (Å²) in [5.74, 6) is -0.0617. The Morgan fingerprint density at radius 3 is 1.10 bits per heavy atom. The van der Waals surface area contributed by atoms with Crippen molar-refractivity contribution in [1.82, 2.24) is 5.32 Å². The molecule has 6 heteroatoms. The van der Waals surface area contributed by atoms with Crippen LogP contribution in [0.3, 0.4) is 0 Å². The van der Waals surface area contributed by atoms with Gasteiger partial charge in [0.2, 0.25) is 5.91 Å². The maximum absolute atomic E-state index is 12.4. The van der Waals surface area contributed by atoms with Crippen molar-refractivity contribution in [3.63, 3.8) is 0 Å². The Labute approximate surface area is 443 Å². The molecule has 0 aliphatic carbocycles. The van der Waals surface area contributed by atoms with Crippen molar-refractivity contribution in [2.24, 2.45) is 0 Å². The zero-order chi connectivity index (χ0) is 51.4. The lowest BCUT2D eigenvalue weighted by Gasteiger charge is -2.20. The Bertz CT molecular complexity index is 1150. The molecule has 0 spiro atoms. The Balaban J connectivity index is 3.35. The summed E-state index contributed by atoms with van der Waals surface area (Å²) in [4.78, 5) is 24.5. The van der Waals surface area contributed by atoms with Gasteiger partial charge in [-0.3, -0.25) is 9.59 Å². The summed E-state index contributed by atoms with van der Waals surface area (Å²) in [7, 11) is 0. The Kier molecular flexibility index (Phi) is 59.0. The average molecular weight is 999 g/mol. The number of carbonyl (C=O) groups excluding carboxylic acids is 2. The van der Waals surface area contributed by atoms with Gasteiger partial charge in [0.25, 0.3) is 0 Å². The molecule has 0 saturated heterocycles. The van der Waals surface area contributed by atoms with Crippen LogP contribution in [0.25, 0.3) is 0 Å². The van der Waals surface area contributed by atoms with Crippen LogP contribution >= 0.6 is 0 Å². The number of aliphatic hydroxyl groups is 2. The molecular weight excluding hydrogens is 875 g/mol. The van der Waals surface area contributed by atoms with Crippen LogP contribution in [0.4, 0.5) is 0 Å². The van der Waals surface area contributed by atoms with Gasteiger partial charge in [0.05, 0.1) is 25.4 Å². The van der Waals surface area contributed by atoms with Gasteiger partial charge >= 0.3 is 5.97 Å². The first kappa shape index (κ1) is 69.1. The second-order valence-corrected chi connectivity index (χ2v) is 21.7. The number of hydrogen-bond acceptors (Lipinski definition) is 5. The molecular formula is C65H123NO5. The molecule has 0 rings (SSSR count). The van der Waals surface area contributed by atoms with E-state index in [2.05, 4.69) is 43.5 Å². The topological polar surface area (TPSA) is 95.9 Å². The molecule has 1 amide bonds. The maximum atomic E-state index is 12.4. The summed E-state index contributed by atoms with van der Waals surface area (Å²) in [6, 6.07) is -0.625. The molecule has 0 heterocycles. The number of hydrogen-bond donors (Lipinski definition) is 3. The van der Waals surface area contributed by atoms with E-state index < -0.39 is 12.1 Å². The van der Waals surface area contributed by atoms with Crippen molar-refractivity contribution in [3.8, 4) is 0 Å². The summed E-state index contributed by atoms with van der Waals surface area (Å²) >= 11 is 0. The van der Waals surface area contributed by atoms with Crippen molar-refractivity contribution in [1.29, 1.82) is 0 Å². The van der Waals surface area contributed by atoms with Gasteiger partial charge in [-0.05, 0) is 64.2 Å². The second kappa shape index (κ2) is 60.6. The normalized spacial score (nSPS) is 12.8. The lowest BCUT2D eigenvalue weighted by molar-refractivity contribution is -0.143. The zero-order valence-electron chi connectivity index (χ0n) is 47.7. The fraction of sp³-hybridized carbons (Fsp3) is 0.877. The molecule has 0 aliphatic rings. The first-order valence-corrected chi connectivity index (χ1v) is 31.8. The number of amides is 1. The molecule has 0 aromatic heterocycles. The number of nitrogens with one attached hydrogen (secondary N) is 1. The molecule has 0 fully saturated rings. The lowest BCUT2D eigenvalue weighted by atomic mass is 10.0. The van der Waals surface area contributed by atoms with Gasteiger partial charge in [-0.25, -0.2) is 0 Å². The number of allylic oxidation sites excluding steroid dienone is 5. The summed E-state index contributed by atoms with van der Waals surface area (Å²) in [6.45, 7) is 4.88. The van der Waals surface area contributed by atoms with Crippen molar-refractivity contribution < 1.29 is 24.5 Å². The SMILES string of the molecule is CCCCC/C=C\C/C=C\CCCCCCCC(=O)OCCCCCCCCCCCCCCCCCCCCCCCCCCCCCC(=O)N[C@@H](CO)[C@H](O)/C=C/CCCCCCCCCCCC. The fourth-order valence-electron chi connectivity index (χ4n) is 9.78. The van der Waals surface area contributed by atoms with Gasteiger partial charge in [-0.15, -0.1) is 0 Å². The van der Waals surface area contributed by atoms with E-state index in [1.54, 1.807) is 6.08 Å². The molecule has 3 N–H and O–H groups in total. The van der Waals surface area contributed by atoms with Crippen LogP contribution in [-0.2, 0) is 14.3 Å². The van der Waals surface area contributed by atoms with Crippen LogP contribution in [0.15, 0.2) is 36.5 Å². The molecule has 0 unspecified atom stereocenters. The van der Waals surface area contributed by atoms with Crippen LogP contribution in [0.2, 0.25) is 0 Å². The molecule has 0 bridgehead atoms. The lowest BCUT2D eigenvalue weighted by Crippen LogP contribution is -2.45. The van der Waals surface area contributed by atoms with Crippen LogP contribution in [0.5, 0.6) is 0 Å². The molecule has 6 nitrogen and oxygen atoms in total. The highest BCUT2D eigenvalue weighted by atomic mass is 16.5. The third kappa shape index (κ3) is 57.2. The van der Waals surface area contributed by atoms with Gasteiger partial charge < -0.3 is 20.3 Å². The van der Waals surface area contributed by atoms with Crippen molar-refractivity contribution in [2.75, 3.05) is 13.2 Å². The molecule has 2 atom stereocenters. The van der Waals surface area contributed by atoms with Crippen LogP contribution in [0.1, 0.15) is 341 Å². The summed E-state index contributed by atoms with van der Waals surface area (Å²) in [6.07, 6.45) is 76.3. The average Bonchev–Trinajstić information content (AvgIpc) is 3.37. The maximum Gasteiger partial charge on any atom is 0.305 e. The summed E-state index contributed by atoms with van der Waals surface area (Å²) < 4.78 is 5.48. The molecule has 418 valence electrons. The third-order valence-electron chi connectivity index (χ3n) is 14.7. The van der Waals surface area contributed by atoms with E-state index >= 15 is 0 Å². The van der Waals surface area contributed by atoms with Crippen molar-refractivity contribution >= 4 is 11.9 Å². The highest BCUT2D eigenvalue weighted by molar-refractivity contribution is 5.76. The zero-order valence-corrected chi connectivity index (χ0v) is 47.7. The number of aliphatic hydroxyl groups excluding tert-OH is 2. The molecule has 0 aromatic rings. The smallest absolute Gasteiger partial charge is 0.305 e. The monoisotopic (exact) mass is 998 g/mol. The van der Waals surface area contributed by atoms with Crippen molar-refractivity contribution in [2.45, 2.75) is 353 Å². The second-order valence-electron chi connectivity index (χ2n) is 21.7. The summed E-state index contributed by atoms with van der Waals surface area (Å²) in [5, 5.41) is 23.1. The van der Waals surface area contributed by atoms with Gasteiger partial charge in [0.1, 0.15) is 0 Å². The number of esters is 1. The highest BCUT2D eigenvalue weighted by Crippen LogP contribution is 2.18. The van der Waals surface area contributed by atoms with E-state index in [9.17, 15) is 19.8 Å². The van der Waals surface area contributed by atoms with Crippen LogP contribution < -0.4 is 5.32 Å². The van der Waals surface area contributed by atoms with E-state index in [0.717, 1.165) is 51.4 Å². The molecule has 0 aliphatic heterocycles. The van der Waals surface area contributed by atoms with E-state index in [1.165, 1.54) is 263 Å². The summed E-state index contributed by atoms with van der Waals surface area (Å²) in [5.41, 5.74) is 0. The predicted molar refractivity (Wildman–Crippen MR) is 310 cm³/mol. The minimum atomic E-state index is -0.841. The van der Waals surface area contributed by atoms with Gasteiger partial charge in [0, 0.05) is 12.8 Å². The van der Waals surface area contributed by atoms with Gasteiger partial charge in [-0.1, -0.05) is 301 Å². The quantitative estimate of drug-likeness (QED) is 0.0321. The fourth-order valence-corrected chi connectivity index (χ4v) is 9.78. The Hall–Kier alpha value is -1.92. The number of rotatable bonds is 59. The minimum Gasteiger partial charge on any atom is -0.466 e. The highest BCUT2D eigenvalue weighted by Gasteiger charge is 2.18. The van der Waals surface area contributed by atoms with E-state index in [0.29, 0.717) is 19.4 Å². The minimum absolute atomic E-state index is 0.00358. The molecule has 0 saturated carbocycles. The van der Waals surface area contributed by atoms with E-state index in [1.807, 2.05) is 6.08 Å². The van der Waals surface area contributed by atoms with Crippen molar-refractivity contribution in [3.05, 3.63) is 36.5 Å². The molecule has 0 radical (unpaired) electrons. The largest absolute Gasteiger partial charge is 0.466 e.